The molecule has 0 spiro atoms. The maximum Gasteiger partial charge on any atom is 0.233 e. The number of rotatable bonds is 3. The molecule has 1 aromatic carbocycles. The van der Waals surface area contributed by atoms with Gasteiger partial charge >= 0.3 is 0 Å². The number of carbonyl (C=O) groups excluding carboxylic acids is 1. The molecule has 0 unspecified atom stereocenters. The van der Waals surface area contributed by atoms with Gasteiger partial charge in [-0.15, -0.1) is 0 Å². The van der Waals surface area contributed by atoms with Gasteiger partial charge in [-0.1, -0.05) is 43.2 Å². The molecule has 1 saturated heterocycles. The number of hydrogen-bond acceptors (Lipinski definition) is 3. The first kappa shape index (κ1) is 16.2. The molecular weight excluding hydrogens is 310 g/mol. The third-order valence-electron chi connectivity index (χ3n) is 5.85. The van der Waals surface area contributed by atoms with Crippen LogP contribution in [0.4, 0.5) is 0 Å². The van der Waals surface area contributed by atoms with Gasteiger partial charge in [-0.2, -0.15) is 0 Å². The highest BCUT2D eigenvalue weighted by atomic mass is 16.2. The summed E-state index contributed by atoms with van der Waals surface area (Å²) in [6.45, 7) is 3.55. The highest BCUT2D eigenvalue weighted by Gasteiger charge is 2.46. The van der Waals surface area contributed by atoms with Crippen LogP contribution in [0.5, 0.6) is 0 Å². The molecule has 4 heteroatoms. The Kier molecular flexibility index (Phi) is 4.28. The second-order valence-electron chi connectivity index (χ2n) is 7.45. The molecule has 4 rings (SSSR count). The second-order valence-corrected chi connectivity index (χ2v) is 7.45. The van der Waals surface area contributed by atoms with E-state index in [0.29, 0.717) is 5.91 Å². The van der Waals surface area contributed by atoms with Crippen molar-refractivity contribution in [3.63, 3.8) is 0 Å². The first-order valence-electron chi connectivity index (χ1n) is 9.33. The zero-order chi connectivity index (χ0) is 17.3. The molecule has 1 aromatic heterocycles. The Morgan fingerprint density at radius 1 is 1.16 bits per heavy atom. The number of hydrogen-bond donors (Lipinski definition) is 0. The maximum absolute atomic E-state index is 13.5. The molecule has 0 N–H and O–H groups in total. The molecule has 2 fully saturated rings. The smallest absolute Gasteiger partial charge is 0.233 e. The summed E-state index contributed by atoms with van der Waals surface area (Å²) in [5, 5.41) is 0. The van der Waals surface area contributed by atoms with E-state index in [4.69, 9.17) is 0 Å². The van der Waals surface area contributed by atoms with Crippen molar-refractivity contribution in [2.75, 3.05) is 13.1 Å². The van der Waals surface area contributed by atoms with E-state index in [1.807, 2.05) is 25.3 Å². The molecule has 1 amide bonds. The fraction of sp³-hybridized carbons (Fsp3) is 0.476. The third kappa shape index (κ3) is 2.94. The first-order chi connectivity index (χ1) is 12.2. The molecule has 0 bridgehead atoms. The lowest BCUT2D eigenvalue weighted by atomic mass is 9.77. The fourth-order valence-electron chi connectivity index (χ4n) is 4.48. The summed E-state index contributed by atoms with van der Waals surface area (Å²) in [4.78, 5) is 24.6. The zero-order valence-electron chi connectivity index (χ0n) is 14.8. The van der Waals surface area contributed by atoms with E-state index in [1.165, 1.54) is 5.56 Å². The van der Waals surface area contributed by atoms with E-state index in [2.05, 4.69) is 39.1 Å². The van der Waals surface area contributed by atoms with E-state index in [9.17, 15) is 4.79 Å². The van der Waals surface area contributed by atoms with Crippen LogP contribution in [0.25, 0.3) is 0 Å². The van der Waals surface area contributed by atoms with E-state index < -0.39 is 0 Å². The summed E-state index contributed by atoms with van der Waals surface area (Å²) in [6.07, 6.45) is 7.00. The van der Waals surface area contributed by atoms with Crippen molar-refractivity contribution < 1.29 is 4.79 Å². The normalized spacial score (nSPS) is 22.3. The molecule has 25 heavy (non-hydrogen) atoms. The molecule has 2 aliphatic rings. The van der Waals surface area contributed by atoms with Crippen LogP contribution >= 0.6 is 0 Å². The van der Waals surface area contributed by atoms with Gasteiger partial charge in [-0.3, -0.25) is 4.79 Å². The average Bonchev–Trinajstić information content (AvgIpc) is 3.32. The van der Waals surface area contributed by atoms with Gasteiger partial charge < -0.3 is 4.90 Å². The summed E-state index contributed by atoms with van der Waals surface area (Å²) in [7, 11) is 0. The van der Waals surface area contributed by atoms with Crippen LogP contribution in [-0.4, -0.2) is 33.9 Å². The molecule has 2 aromatic rings. The van der Waals surface area contributed by atoms with Crippen LogP contribution in [0.15, 0.2) is 42.6 Å². The zero-order valence-corrected chi connectivity index (χ0v) is 14.8. The lowest BCUT2D eigenvalue weighted by Gasteiger charge is -2.33. The van der Waals surface area contributed by atoms with Gasteiger partial charge in [0.15, 0.2) is 0 Å². The number of nitrogens with zero attached hydrogens (tertiary/aromatic N) is 3. The minimum absolute atomic E-state index is 0.262. The Balaban J connectivity index is 1.56. The molecule has 130 valence electrons. The van der Waals surface area contributed by atoms with Gasteiger partial charge in [0.05, 0.1) is 5.41 Å². The lowest BCUT2D eigenvalue weighted by molar-refractivity contribution is -0.136. The summed E-state index contributed by atoms with van der Waals surface area (Å²) >= 11 is 0. The standard InChI is InChI=1S/C21H25N3O/c1-16-9-13-22-19(23-16)17-10-14-24(15-17)20(25)21(11-5-6-12-21)18-7-3-2-4-8-18/h2-4,7-9,13,17H,5-6,10-12,14-15H2,1H3/t17-/m1/s1. The van der Waals surface area contributed by atoms with Crippen LogP contribution < -0.4 is 0 Å². The fourth-order valence-corrected chi connectivity index (χ4v) is 4.48. The predicted octanol–water partition coefficient (Wildman–Crippen LogP) is 3.61. The largest absolute Gasteiger partial charge is 0.341 e. The number of aryl methyl sites for hydroxylation is 1. The van der Waals surface area contributed by atoms with E-state index >= 15 is 0 Å². The summed E-state index contributed by atoms with van der Waals surface area (Å²) < 4.78 is 0. The Morgan fingerprint density at radius 3 is 2.64 bits per heavy atom. The average molecular weight is 335 g/mol. The van der Waals surface area contributed by atoms with Gasteiger partial charge in [0.2, 0.25) is 5.91 Å². The molecule has 0 radical (unpaired) electrons. The topological polar surface area (TPSA) is 46.1 Å². The number of amides is 1. The Hall–Kier alpha value is -2.23. The van der Waals surface area contributed by atoms with E-state index in [0.717, 1.165) is 56.7 Å². The Labute approximate surface area is 149 Å². The van der Waals surface area contributed by atoms with Crippen molar-refractivity contribution in [1.82, 2.24) is 14.9 Å². The van der Waals surface area contributed by atoms with Gasteiger partial charge in [0.25, 0.3) is 0 Å². The van der Waals surface area contributed by atoms with Gasteiger partial charge in [0, 0.05) is 30.9 Å². The van der Waals surface area contributed by atoms with Crippen molar-refractivity contribution >= 4 is 5.91 Å². The number of benzene rings is 1. The number of carbonyl (C=O) groups is 1. The molecular formula is C21H25N3O. The Bertz CT molecular complexity index is 753. The molecule has 1 aliphatic carbocycles. The molecule has 1 atom stereocenters. The minimum Gasteiger partial charge on any atom is -0.341 e. The van der Waals surface area contributed by atoms with Crippen LogP contribution in [0, 0.1) is 6.92 Å². The summed E-state index contributed by atoms with van der Waals surface area (Å²) in [6, 6.07) is 12.3. The SMILES string of the molecule is Cc1ccnc([C@@H]2CCN(C(=O)C3(c4ccccc4)CCCC3)C2)n1. The molecule has 2 heterocycles. The minimum atomic E-state index is -0.316. The highest BCUT2D eigenvalue weighted by Crippen LogP contribution is 2.43. The van der Waals surface area contributed by atoms with Crippen LogP contribution in [-0.2, 0) is 10.2 Å². The highest BCUT2D eigenvalue weighted by molar-refractivity contribution is 5.89. The predicted molar refractivity (Wildman–Crippen MR) is 97.3 cm³/mol. The van der Waals surface area contributed by atoms with Crippen molar-refractivity contribution in [1.29, 1.82) is 0 Å². The Morgan fingerprint density at radius 2 is 1.92 bits per heavy atom. The maximum atomic E-state index is 13.5. The van der Waals surface area contributed by atoms with Gasteiger partial charge in [-0.05, 0) is 37.8 Å². The lowest BCUT2D eigenvalue weighted by Crippen LogP contribution is -2.44. The molecule has 1 saturated carbocycles. The van der Waals surface area contributed by atoms with Crippen molar-refractivity contribution in [2.45, 2.75) is 50.4 Å². The van der Waals surface area contributed by atoms with Crippen molar-refractivity contribution in [2.24, 2.45) is 0 Å². The summed E-state index contributed by atoms with van der Waals surface area (Å²) in [5.74, 6) is 1.46. The quantitative estimate of drug-likeness (QED) is 0.861. The molecule has 1 aliphatic heterocycles. The van der Waals surface area contributed by atoms with E-state index in [1.54, 1.807) is 0 Å². The van der Waals surface area contributed by atoms with Crippen molar-refractivity contribution in [3.8, 4) is 0 Å². The summed E-state index contributed by atoms with van der Waals surface area (Å²) in [5.41, 5.74) is 1.86. The van der Waals surface area contributed by atoms with Crippen LogP contribution in [0.2, 0.25) is 0 Å². The molecule has 4 nitrogen and oxygen atoms in total. The monoisotopic (exact) mass is 335 g/mol. The van der Waals surface area contributed by atoms with Crippen LogP contribution in [0.1, 0.15) is 55.1 Å². The van der Waals surface area contributed by atoms with Gasteiger partial charge in [0.1, 0.15) is 5.82 Å². The second kappa shape index (κ2) is 6.58. The van der Waals surface area contributed by atoms with Crippen LogP contribution in [0.3, 0.4) is 0 Å². The van der Waals surface area contributed by atoms with Gasteiger partial charge in [-0.25, -0.2) is 9.97 Å². The van der Waals surface area contributed by atoms with Crippen molar-refractivity contribution in [3.05, 3.63) is 59.7 Å². The first-order valence-corrected chi connectivity index (χ1v) is 9.33. The van der Waals surface area contributed by atoms with E-state index in [-0.39, 0.29) is 11.3 Å². The third-order valence-corrected chi connectivity index (χ3v) is 5.85. The number of aromatic nitrogens is 2. The number of likely N-dealkylation sites (tertiary alicyclic amines) is 1.